The molecule has 2 N–H and O–H groups in total. The zero-order valence-electron chi connectivity index (χ0n) is 14.4. The van der Waals surface area contributed by atoms with E-state index in [0.717, 1.165) is 0 Å². The predicted octanol–water partition coefficient (Wildman–Crippen LogP) is 1.61. The summed E-state index contributed by atoms with van der Waals surface area (Å²) in [5, 5.41) is 6.56. The molecule has 0 saturated carbocycles. The molecule has 0 spiro atoms. The van der Waals surface area contributed by atoms with Crippen LogP contribution in [0.25, 0.3) is 11.5 Å². The van der Waals surface area contributed by atoms with Gasteiger partial charge in [0.15, 0.2) is 5.76 Å². The number of amides is 1. The number of carbonyl (C=O) groups excluding carboxylic acids is 1. The van der Waals surface area contributed by atoms with Gasteiger partial charge in [0.25, 0.3) is 5.91 Å². The lowest BCUT2D eigenvalue weighted by Gasteiger charge is -2.09. The van der Waals surface area contributed by atoms with Gasteiger partial charge in [-0.25, -0.2) is 13.1 Å². The van der Waals surface area contributed by atoms with Crippen molar-refractivity contribution in [1.29, 1.82) is 0 Å². The Balaban J connectivity index is 2.40. The molecule has 24 heavy (non-hydrogen) atoms. The summed E-state index contributed by atoms with van der Waals surface area (Å²) in [6.07, 6.45) is 1.39. The van der Waals surface area contributed by atoms with Gasteiger partial charge in [-0.3, -0.25) is 9.89 Å². The summed E-state index contributed by atoms with van der Waals surface area (Å²) in [5.74, 6) is 0.428. The van der Waals surface area contributed by atoms with E-state index in [9.17, 15) is 13.2 Å². The number of carbonyl (C=O) groups is 1. The van der Waals surface area contributed by atoms with Gasteiger partial charge in [0.2, 0.25) is 10.0 Å². The number of rotatable bonds is 6. The number of nitrogens with zero attached hydrogens (tertiary/aromatic N) is 2. The maximum Gasteiger partial charge on any atom is 0.257 e. The fraction of sp³-hybridized carbons (Fsp3) is 0.467. The minimum absolute atomic E-state index is 0.0519. The Morgan fingerprint density at radius 3 is 2.67 bits per heavy atom. The van der Waals surface area contributed by atoms with Crippen LogP contribution in [0, 0.1) is 12.8 Å². The standard InChI is InChI=1S/C15H22N4O4S/c1-9(2)7-17-24(21,22)13-6-12(23-10(13)3)14-11(8-16-18-14)15(20)19(4)5/h6,8-9,17H,7H2,1-5H3,(H,16,18). The fourth-order valence-electron chi connectivity index (χ4n) is 2.09. The lowest BCUT2D eigenvalue weighted by molar-refractivity contribution is 0.0828. The van der Waals surface area contributed by atoms with Crippen LogP contribution in [0.4, 0.5) is 0 Å². The molecule has 0 aliphatic heterocycles. The zero-order valence-corrected chi connectivity index (χ0v) is 15.2. The van der Waals surface area contributed by atoms with Crippen molar-refractivity contribution in [3.05, 3.63) is 23.6 Å². The van der Waals surface area contributed by atoms with E-state index in [1.54, 1.807) is 21.0 Å². The van der Waals surface area contributed by atoms with Crippen LogP contribution in [0.2, 0.25) is 0 Å². The Kier molecular flexibility index (Phi) is 5.14. The second-order valence-corrected chi connectivity index (χ2v) is 7.87. The molecule has 1 amide bonds. The van der Waals surface area contributed by atoms with E-state index in [0.29, 0.717) is 17.8 Å². The molecular weight excluding hydrogens is 332 g/mol. The van der Waals surface area contributed by atoms with Gasteiger partial charge in [-0.15, -0.1) is 0 Å². The highest BCUT2D eigenvalue weighted by Gasteiger charge is 2.25. The average molecular weight is 354 g/mol. The van der Waals surface area contributed by atoms with E-state index in [-0.39, 0.29) is 28.2 Å². The van der Waals surface area contributed by atoms with Crippen LogP contribution >= 0.6 is 0 Å². The molecule has 2 aromatic rings. The molecule has 0 bridgehead atoms. The van der Waals surface area contributed by atoms with E-state index in [1.165, 1.54) is 17.2 Å². The Labute approximate surface area is 141 Å². The van der Waals surface area contributed by atoms with Gasteiger partial charge in [-0.05, 0) is 12.8 Å². The lowest BCUT2D eigenvalue weighted by Crippen LogP contribution is -2.27. The molecule has 2 aromatic heterocycles. The second-order valence-electron chi connectivity index (χ2n) is 6.14. The van der Waals surface area contributed by atoms with Crippen LogP contribution in [0.3, 0.4) is 0 Å². The van der Waals surface area contributed by atoms with Crippen LogP contribution in [-0.4, -0.2) is 50.1 Å². The third-order valence-electron chi connectivity index (χ3n) is 3.37. The van der Waals surface area contributed by atoms with Crippen molar-refractivity contribution >= 4 is 15.9 Å². The highest BCUT2D eigenvalue weighted by atomic mass is 32.2. The molecule has 0 saturated heterocycles. The Morgan fingerprint density at radius 2 is 2.08 bits per heavy atom. The van der Waals surface area contributed by atoms with Crippen molar-refractivity contribution in [3.63, 3.8) is 0 Å². The van der Waals surface area contributed by atoms with Crippen molar-refractivity contribution in [3.8, 4) is 11.5 Å². The number of aromatic amines is 1. The number of hydrogen-bond acceptors (Lipinski definition) is 5. The summed E-state index contributed by atoms with van der Waals surface area (Å²) in [4.78, 5) is 13.6. The predicted molar refractivity (Wildman–Crippen MR) is 89.1 cm³/mol. The minimum Gasteiger partial charge on any atom is -0.458 e. The normalized spacial score (nSPS) is 11.9. The molecule has 0 unspecified atom stereocenters. The molecule has 0 atom stereocenters. The molecule has 132 valence electrons. The molecule has 2 heterocycles. The largest absolute Gasteiger partial charge is 0.458 e. The zero-order chi connectivity index (χ0) is 18.1. The van der Waals surface area contributed by atoms with Crippen molar-refractivity contribution < 1.29 is 17.6 Å². The lowest BCUT2D eigenvalue weighted by atomic mass is 10.2. The summed E-state index contributed by atoms with van der Waals surface area (Å²) in [6, 6.07) is 1.40. The van der Waals surface area contributed by atoms with E-state index in [4.69, 9.17) is 4.42 Å². The van der Waals surface area contributed by atoms with E-state index >= 15 is 0 Å². The first-order chi connectivity index (χ1) is 11.1. The first kappa shape index (κ1) is 18.2. The van der Waals surface area contributed by atoms with Gasteiger partial charge in [-0.1, -0.05) is 13.8 Å². The first-order valence-electron chi connectivity index (χ1n) is 7.49. The second kappa shape index (κ2) is 6.78. The van der Waals surface area contributed by atoms with Crippen molar-refractivity contribution in [2.45, 2.75) is 25.7 Å². The maximum atomic E-state index is 12.4. The summed E-state index contributed by atoms with van der Waals surface area (Å²) < 4.78 is 32.9. The van der Waals surface area contributed by atoms with Crippen LogP contribution < -0.4 is 4.72 Å². The van der Waals surface area contributed by atoms with Gasteiger partial charge in [0, 0.05) is 26.7 Å². The number of aromatic nitrogens is 2. The number of sulfonamides is 1. The monoisotopic (exact) mass is 354 g/mol. The third-order valence-corrected chi connectivity index (χ3v) is 4.90. The fourth-order valence-corrected chi connectivity index (χ4v) is 3.48. The van der Waals surface area contributed by atoms with Crippen LogP contribution in [0.5, 0.6) is 0 Å². The van der Waals surface area contributed by atoms with E-state index in [1.807, 2.05) is 13.8 Å². The van der Waals surface area contributed by atoms with Gasteiger partial charge in [0.1, 0.15) is 16.3 Å². The highest BCUT2D eigenvalue weighted by molar-refractivity contribution is 7.89. The smallest absolute Gasteiger partial charge is 0.257 e. The average Bonchev–Trinajstić information content (AvgIpc) is 3.10. The first-order valence-corrected chi connectivity index (χ1v) is 8.97. The van der Waals surface area contributed by atoms with Gasteiger partial charge in [-0.2, -0.15) is 5.10 Å². The molecule has 0 aliphatic rings. The van der Waals surface area contributed by atoms with E-state index in [2.05, 4.69) is 14.9 Å². The van der Waals surface area contributed by atoms with E-state index < -0.39 is 10.0 Å². The molecule has 0 aliphatic carbocycles. The van der Waals surface area contributed by atoms with Gasteiger partial charge in [0.05, 0.1) is 11.8 Å². The van der Waals surface area contributed by atoms with Gasteiger partial charge >= 0.3 is 0 Å². The van der Waals surface area contributed by atoms with Crippen LogP contribution in [0.15, 0.2) is 21.6 Å². The SMILES string of the molecule is Cc1oc(-c2[nH]ncc2C(=O)N(C)C)cc1S(=O)(=O)NCC(C)C. The molecule has 2 rings (SSSR count). The Bertz CT molecular complexity index is 834. The van der Waals surface area contributed by atoms with Crippen molar-refractivity contribution in [2.75, 3.05) is 20.6 Å². The molecular formula is C15H22N4O4S. The topological polar surface area (TPSA) is 108 Å². The quantitative estimate of drug-likeness (QED) is 0.819. The molecule has 0 radical (unpaired) electrons. The number of H-pyrrole nitrogens is 1. The Morgan fingerprint density at radius 1 is 1.42 bits per heavy atom. The van der Waals surface area contributed by atoms with Crippen molar-refractivity contribution in [2.24, 2.45) is 5.92 Å². The van der Waals surface area contributed by atoms with Crippen LogP contribution in [0.1, 0.15) is 30.0 Å². The van der Waals surface area contributed by atoms with Crippen molar-refractivity contribution in [1.82, 2.24) is 19.8 Å². The van der Waals surface area contributed by atoms with Crippen LogP contribution in [-0.2, 0) is 10.0 Å². The number of furan rings is 1. The summed E-state index contributed by atoms with van der Waals surface area (Å²) in [7, 11) is -0.433. The summed E-state index contributed by atoms with van der Waals surface area (Å²) in [6.45, 7) is 5.73. The maximum absolute atomic E-state index is 12.4. The molecule has 8 nitrogen and oxygen atoms in total. The molecule has 0 fully saturated rings. The highest BCUT2D eigenvalue weighted by Crippen LogP contribution is 2.29. The summed E-state index contributed by atoms with van der Waals surface area (Å²) >= 11 is 0. The number of nitrogens with one attached hydrogen (secondary N) is 2. The molecule has 9 heteroatoms. The Hall–Kier alpha value is -2.13. The number of hydrogen-bond donors (Lipinski definition) is 2. The molecule has 0 aromatic carbocycles. The summed E-state index contributed by atoms with van der Waals surface area (Å²) in [5.41, 5.74) is 0.662. The third kappa shape index (κ3) is 3.68. The minimum atomic E-state index is -3.68. The number of aryl methyl sites for hydroxylation is 1. The van der Waals surface area contributed by atoms with Gasteiger partial charge < -0.3 is 9.32 Å².